The molecule has 2 N–H and O–H groups in total. The Labute approximate surface area is 88.5 Å². The minimum Gasteiger partial charge on any atom is -0.366 e. The molecule has 0 saturated carbocycles. The van der Waals surface area contributed by atoms with Crippen molar-refractivity contribution in [2.75, 3.05) is 5.73 Å². The first-order valence-electron chi connectivity index (χ1n) is 4.33. The highest BCUT2D eigenvalue weighted by Crippen LogP contribution is 2.18. The van der Waals surface area contributed by atoms with Gasteiger partial charge >= 0.3 is 0 Å². The van der Waals surface area contributed by atoms with E-state index < -0.39 is 17.5 Å². The molecule has 0 atom stereocenters. The molecule has 2 aromatic rings. The highest BCUT2D eigenvalue weighted by molar-refractivity contribution is 5.35. The predicted octanol–water partition coefficient (Wildman–Crippen LogP) is 1.58. The number of aryl methyl sites for hydroxylation is 1. The first-order valence-corrected chi connectivity index (χ1v) is 4.33. The number of halogens is 3. The van der Waals surface area contributed by atoms with Crippen LogP contribution in [0, 0.1) is 24.4 Å². The summed E-state index contributed by atoms with van der Waals surface area (Å²) in [7, 11) is 0. The third-order valence-electron chi connectivity index (χ3n) is 2.00. The van der Waals surface area contributed by atoms with Gasteiger partial charge in [-0.3, -0.25) is 0 Å². The Balaban J connectivity index is 2.64. The normalized spacial score (nSPS) is 10.8. The van der Waals surface area contributed by atoms with Gasteiger partial charge in [0.1, 0.15) is 11.5 Å². The number of rotatable bonds is 1. The number of nitrogens with zero attached hydrogens (tertiary/aromatic N) is 3. The molecule has 1 heterocycles. The number of benzene rings is 1. The van der Waals surface area contributed by atoms with E-state index in [0.717, 1.165) is 4.68 Å². The summed E-state index contributed by atoms with van der Waals surface area (Å²) in [6.45, 7) is 1.52. The van der Waals surface area contributed by atoms with Crippen molar-refractivity contribution < 1.29 is 13.2 Å². The summed E-state index contributed by atoms with van der Waals surface area (Å²) in [6.07, 6.45) is 0. The zero-order chi connectivity index (χ0) is 11.9. The monoisotopic (exact) mass is 228 g/mol. The molecule has 0 aliphatic rings. The minimum absolute atomic E-state index is 0.0679. The van der Waals surface area contributed by atoms with E-state index in [1.165, 1.54) is 6.92 Å². The number of hydrogen-bond donors (Lipinski definition) is 1. The van der Waals surface area contributed by atoms with E-state index >= 15 is 0 Å². The van der Waals surface area contributed by atoms with Gasteiger partial charge in [-0.05, 0) is 6.92 Å². The summed E-state index contributed by atoms with van der Waals surface area (Å²) in [5.74, 6) is -3.15. The molecule has 0 saturated heterocycles. The van der Waals surface area contributed by atoms with E-state index in [-0.39, 0.29) is 17.5 Å². The van der Waals surface area contributed by atoms with Gasteiger partial charge in [0.2, 0.25) is 5.95 Å². The maximum Gasteiger partial charge on any atom is 0.240 e. The van der Waals surface area contributed by atoms with E-state index in [1.54, 1.807) is 0 Å². The topological polar surface area (TPSA) is 56.7 Å². The first-order chi connectivity index (χ1) is 7.49. The second-order valence-corrected chi connectivity index (χ2v) is 3.15. The second-order valence-electron chi connectivity index (χ2n) is 3.15. The zero-order valence-corrected chi connectivity index (χ0v) is 8.21. The molecule has 0 aliphatic heterocycles. The molecule has 0 bridgehead atoms. The third kappa shape index (κ3) is 1.60. The Morgan fingerprint density at radius 3 is 2.31 bits per heavy atom. The highest BCUT2D eigenvalue weighted by atomic mass is 19.2. The quantitative estimate of drug-likeness (QED) is 0.754. The lowest BCUT2D eigenvalue weighted by Gasteiger charge is -2.04. The number of anilines is 1. The molecule has 16 heavy (non-hydrogen) atoms. The van der Waals surface area contributed by atoms with Gasteiger partial charge in [0.15, 0.2) is 17.5 Å². The fraction of sp³-hybridized carbons (Fsp3) is 0.111. The molecule has 0 spiro atoms. The van der Waals surface area contributed by atoms with Gasteiger partial charge in [-0.2, -0.15) is 4.98 Å². The summed E-state index contributed by atoms with van der Waals surface area (Å²) in [5, 5.41) is 3.67. The van der Waals surface area contributed by atoms with Gasteiger partial charge in [0, 0.05) is 12.1 Å². The molecule has 2 rings (SSSR count). The lowest BCUT2D eigenvalue weighted by Crippen LogP contribution is -2.04. The Morgan fingerprint density at radius 2 is 1.75 bits per heavy atom. The second kappa shape index (κ2) is 3.51. The standard InChI is InChI=1S/C9H7F3N4/c1-4-14-9(13)15-16(4)8-3-6(11)5(10)2-7(8)12/h2-3H,1H3,(H2,13,15). The van der Waals surface area contributed by atoms with Crippen molar-refractivity contribution in [1.82, 2.24) is 14.8 Å². The van der Waals surface area contributed by atoms with E-state index in [2.05, 4.69) is 10.1 Å². The molecule has 0 unspecified atom stereocenters. The zero-order valence-electron chi connectivity index (χ0n) is 8.21. The molecule has 1 aromatic carbocycles. The van der Waals surface area contributed by atoms with Gasteiger partial charge in [-0.15, -0.1) is 5.10 Å². The third-order valence-corrected chi connectivity index (χ3v) is 2.00. The number of hydrogen-bond acceptors (Lipinski definition) is 3. The molecule has 0 aliphatic carbocycles. The van der Waals surface area contributed by atoms with Crippen molar-refractivity contribution in [3.8, 4) is 5.69 Å². The number of nitrogen functional groups attached to an aromatic ring is 1. The smallest absolute Gasteiger partial charge is 0.240 e. The van der Waals surface area contributed by atoms with E-state index in [9.17, 15) is 13.2 Å². The van der Waals surface area contributed by atoms with Gasteiger partial charge in [0.25, 0.3) is 0 Å². The lowest BCUT2D eigenvalue weighted by molar-refractivity contribution is 0.491. The van der Waals surface area contributed by atoms with Crippen molar-refractivity contribution in [3.05, 3.63) is 35.4 Å². The molecule has 0 radical (unpaired) electrons. The Bertz CT molecular complexity index is 550. The summed E-state index contributed by atoms with van der Waals surface area (Å²) in [5.41, 5.74) is 5.07. The van der Waals surface area contributed by atoms with Gasteiger partial charge in [0.05, 0.1) is 0 Å². The van der Waals surface area contributed by atoms with Crippen LogP contribution in [0.15, 0.2) is 12.1 Å². The van der Waals surface area contributed by atoms with Crippen molar-refractivity contribution in [3.63, 3.8) is 0 Å². The molecule has 0 fully saturated rings. The van der Waals surface area contributed by atoms with Crippen molar-refractivity contribution in [2.45, 2.75) is 6.92 Å². The minimum atomic E-state index is -1.26. The van der Waals surface area contributed by atoms with Crippen LogP contribution in [0.2, 0.25) is 0 Å². The van der Waals surface area contributed by atoms with Crippen LogP contribution in [0.5, 0.6) is 0 Å². The molecular weight excluding hydrogens is 221 g/mol. The van der Waals surface area contributed by atoms with Gasteiger partial charge in [-0.25, -0.2) is 17.9 Å². The summed E-state index contributed by atoms with van der Waals surface area (Å²) >= 11 is 0. The predicted molar refractivity (Wildman–Crippen MR) is 50.4 cm³/mol. The fourth-order valence-corrected chi connectivity index (χ4v) is 1.31. The van der Waals surface area contributed by atoms with Gasteiger partial charge < -0.3 is 5.73 Å². The molecule has 0 amide bonds. The van der Waals surface area contributed by atoms with Gasteiger partial charge in [-0.1, -0.05) is 0 Å². The Kier molecular flexibility index (Phi) is 2.30. The largest absolute Gasteiger partial charge is 0.366 e. The Morgan fingerprint density at radius 1 is 1.12 bits per heavy atom. The molecular formula is C9H7F3N4. The molecule has 84 valence electrons. The first kappa shape index (κ1) is 10.5. The fourth-order valence-electron chi connectivity index (χ4n) is 1.31. The number of nitrogens with two attached hydrogens (primary N) is 1. The van der Waals surface area contributed by atoms with Crippen molar-refractivity contribution >= 4 is 5.95 Å². The van der Waals surface area contributed by atoms with E-state index in [4.69, 9.17) is 5.73 Å². The van der Waals surface area contributed by atoms with Crippen LogP contribution >= 0.6 is 0 Å². The Hall–Kier alpha value is -2.05. The molecule has 7 heteroatoms. The van der Waals surface area contributed by atoms with Crippen LogP contribution in [-0.2, 0) is 0 Å². The van der Waals surface area contributed by atoms with Crippen molar-refractivity contribution in [1.29, 1.82) is 0 Å². The maximum atomic E-state index is 13.4. The molecule has 4 nitrogen and oxygen atoms in total. The van der Waals surface area contributed by atoms with Crippen molar-refractivity contribution in [2.24, 2.45) is 0 Å². The average molecular weight is 228 g/mol. The summed E-state index contributed by atoms with van der Waals surface area (Å²) in [4.78, 5) is 3.73. The SMILES string of the molecule is Cc1nc(N)nn1-c1cc(F)c(F)cc1F. The van der Waals surface area contributed by atoms with E-state index in [0.29, 0.717) is 12.1 Å². The maximum absolute atomic E-state index is 13.4. The van der Waals surface area contributed by atoms with Crippen LogP contribution in [0.25, 0.3) is 5.69 Å². The van der Waals surface area contributed by atoms with Crippen LogP contribution in [-0.4, -0.2) is 14.8 Å². The molecule has 1 aromatic heterocycles. The summed E-state index contributed by atoms with van der Waals surface area (Å²) in [6, 6.07) is 1.15. The van der Waals surface area contributed by atoms with Crippen LogP contribution < -0.4 is 5.73 Å². The highest BCUT2D eigenvalue weighted by Gasteiger charge is 2.14. The van der Waals surface area contributed by atoms with Crippen LogP contribution in [0.1, 0.15) is 5.82 Å². The van der Waals surface area contributed by atoms with Crippen LogP contribution in [0.4, 0.5) is 19.1 Å². The lowest BCUT2D eigenvalue weighted by atomic mass is 10.3. The van der Waals surface area contributed by atoms with E-state index in [1.807, 2.05) is 0 Å². The summed E-state index contributed by atoms with van der Waals surface area (Å²) < 4.78 is 40.0. The average Bonchev–Trinajstić information content (AvgIpc) is 2.51. The number of aromatic nitrogens is 3. The van der Waals surface area contributed by atoms with Crippen LogP contribution in [0.3, 0.4) is 0 Å².